The van der Waals surface area contributed by atoms with Crippen LogP contribution in [0.2, 0.25) is 0 Å². The van der Waals surface area contributed by atoms with Gasteiger partial charge in [0.1, 0.15) is 5.01 Å². The van der Waals surface area contributed by atoms with Gasteiger partial charge in [0.15, 0.2) is 0 Å². The summed E-state index contributed by atoms with van der Waals surface area (Å²) in [6, 6.07) is 0.705. The summed E-state index contributed by atoms with van der Waals surface area (Å²) in [6.45, 7) is 4.15. The predicted molar refractivity (Wildman–Crippen MR) is 58.8 cm³/mol. The molecule has 1 aliphatic rings. The maximum Gasteiger partial charge on any atom is 0.205 e. The summed E-state index contributed by atoms with van der Waals surface area (Å²) in [5, 5.41) is 16.7. The lowest BCUT2D eigenvalue weighted by Gasteiger charge is -2.09. The summed E-state index contributed by atoms with van der Waals surface area (Å²) in [6.07, 6.45) is 3.82. The van der Waals surface area contributed by atoms with Gasteiger partial charge in [-0.2, -0.15) is 0 Å². The smallest absolute Gasteiger partial charge is 0.205 e. The highest BCUT2D eigenvalue weighted by Gasteiger charge is 2.13. The Bertz CT molecular complexity index is 280. The van der Waals surface area contributed by atoms with E-state index in [1.54, 1.807) is 11.3 Å². The maximum atomic E-state index is 4.02. The number of nitrogens with zero attached hydrogens (tertiary/aromatic N) is 2. The van der Waals surface area contributed by atoms with Crippen LogP contribution in [0.25, 0.3) is 0 Å². The molecule has 1 fully saturated rings. The molecule has 0 radical (unpaired) electrons. The first-order chi connectivity index (χ1) is 6.84. The Labute approximate surface area is 88.1 Å². The summed E-state index contributed by atoms with van der Waals surface area (Å²) in [4.78, 5) is 0. The van der Waals surface area contributed by atoms with Gasteiger partial charge >= 0.3 is 0 Å². The second kappa shape index (κ2) is 4.70. The number of hydrogen-bond donors (Lipinski definition) is 2. The Morgan fingerprint density at radius 1 is 1.57 bits per heavy atom. The lowest BCUT2D eigenvalue weighted by Crippen LogP contribution is -2.24. The van der Waals surface area contributed by atoms with Crippen LogP contribution in [0.1, 0.15) is 24.3 Å². The molecule has 14 heavy (non-hydrogen) atoms. The van der Waals surface area contributed by atoms with Gasteiger partial charge in [0.2, 0.25) is 5.13 Å². The Kier molecular flexibility index (Phi) is 3.31. The Hall–Kier alpha value is -0.680. The standard InChI is InChI=1S/C9H16N4S/c1-7-12-13-9(14-7)11-6-4-8-3-2-5-10-8/h8,10H,2-6H2,1H3,(H,11,13). The van der Waals surface area contributed by atoms with E-state index in [0.29, 0.717) is 6.04 Å². The average molecular weight is 212 g/mol. The fourth-order valence-corrected chi connectivity index (χ4v) is 2.34. The summed E-state index contributed by atoms with van der Waals surface area (Å²) < 4.78 is 0. The second-order valence-electron chi connectivity index (χ2n) is 3.63. The van der Waals surface area contributed by atoms with Gasteiger partial charge in [-0.05, 0) is 32.7 Å². The van der Waals surface area contributed by atoms with Crippen molar-refractivity contribution in [3.05, 3.63) is 5.01 Å². The molecule has 78 valence electrons. The van der Waals surface area contributed by atoms with E-state index in [9.17, 15) is 0 Å². The number of aromatic nitrogens is 2. The summed E-state index contributed by atoms with van der Waals surface area (Å²) >= 11 is 1.62. The number of aryl methyl sites for hydroxylation is 1. The summed E-state index contributed by atoms with van der Waals surface area (Å²) in [7, 11) is 0. The van der Waals surface area contributed by atoms with E-state index < -0.39 is 0 Å². The van der Waals surface area contributed by atoms with Crippen molar-refractivity contribution >= 4 is 16.5 Å². The topological polar surface area (TPSA) is 49.8 Å². The third-order valence-corrected chi connectivity index (χ3v) is 3.25. The fourth-order valence-electron chi connectivity index (χ4n) is 1.72. The van der Waals surface area contributed by atoms with Gasteiger partial charge in [0.05, 0.1) is 0 Å². The zero-order chi connectivity index (χ0) is 9.80. The molecule has 0 aliphatic carbocycles. The lowest BCUT2D eigenvalue weighted by atomic mass is 10.2. The molecule has 2 heterocycles. The van der Waals surface area contributed by atoms with Crippen LogP contribution in [0.5, 0.6) is 0 Å². The monoisotopic (exact) mass is 212 g/mol. The van der Waals surface area contributed by atoms with Gasteiger partial charge in [-0.25, -0.2) is 0 Å². The first-order valence-corrected chi connectivity index (χ1v) is 5.93. The van der Waals surface area contributed by atoms with Crippen molar-refractivity contribution in [2.45, 2.75) is 32.2 Å². The van der Waals surface area contributed by atoms with Crippen LogP contribution in [0.15, 0.2) is 0 Å². The quantitative estimate of drug-likeness (QED) is 0.792. The lowest BCUT2D eigenvalue weighted by molar-refractivity contribution is 0.574. The molecule has 1 saturated heterocycles. The highest BCUT2D eigenvalue weighted by Crippen LogP contribution is 2.14. The first-order valence-electron chi connectivity index (χ1n) is 5.12. The van der Waals surface area contributed by atoms with Crippen LogP contribution in [0, 0.1) is 6.92 Å². The van der Waals surface area contributed by atoms with Crippen LogP contribution >= 0.6 is 11.3 Å². The van der Waals surface area contributed by atoms with Crippen molar-refractivity contribution in [2.24, 2.45) is 0 Å². The molecule has 2 rings (SSSR count). The molecule has 1 unspecified atom stereocenters. The minimum Gasteiger partial charge on any atom is -0.360 e. The SMILES string of the molecule is Cc1nnc(NCCC2CCCN2)s1. The molecule has 4 nitrogen and oxygen atoms in total. The van der Waals surface area contributed by atoms with Crippen LogP contribution in [-0.2, 0) is 0 Å². The highest BCUT2D eigenvalue weighted by molar-refractivity contribution is 7.15. The van der Waals surface area contributed by atoms with Crippen molar-refractivity contribution < 1.29 is 0 Å². The van der Waals surface area contributed by atoms with Gasteiger partial charge in [-0.15, -0.1) is 10.2 Å². The van der Waals surface area contributed by atoms with Crippen LogP contribution in [-0.4, -0.2) is 29.3 Å². The predicted octanol–water partition coefficient (Wildman–Crippen LogP) is 1.40. The Morgan fingerprint density at radius 2 is 2.50 bits per heavy atom. The van der Waals surface area contributed by atoms with E-state index in [-0.39, 0.29) is 0 Å². The van der Waals surface area contributed by atoms with Crippen molar-refractivity contribution in [3.63, 3.8) is 0 Å². The summed E-state index contributed by atoms with van der Waals surface area (Å²) in [5.41, 5.74) is 0. The molecule has 1 aromatic rings. The molecule has 0 amide bonds. The van der Waals surface area contributed by atoms with Crippen molar-refractivity contribution in [3.8, 4) is 0 Å². The minimum absolute atomic E-state index is 0.705. The van der Waals surface area contributed by atoms with E-state index in [0.717, 1.165) is 16.7 Å². The Balaban J connectivity index is 1.67. The molecule has 5 heteroatoms. The largest absolute Gasteiger partial charge is 0.360 e. The number of nitrogens with one attached hydrogen (secondary N) is 2. The molecule has 2 N–H and O–H groups in total. The molecule has 1 atom stereocenters. The van der Waals surface area contributed by atoms with E-state index >= 15 is 0 Å². The zero-order valence-electron chi connectivity index (χ0n) is 8.42. The van der Waals surface area contributed by atoms with Gasteiger partial charge in [0, 0.05) is 12.6 Å². The molecule has 1 aromatic heterocycles. The molecular formula is C9H16N4S. The molecule has 0 spiro atoms. The van der Waals surface area contributed by atoms with Crippen LogP contribution in [0.4, 0.5) is 5.13 Å². The normalized spacial score (nSPS) is 21.4. The van der Waals surface area contributed by atoms with Gasteiger partial charge in [-0.1, -0.05) is 11.3 Å². The number of rotatable bonds is 4. The second-order valence-corrected chi connectivity index (χ2v) is 4.82. The third-order valence-electron chi connectivity index (χ3n) is 2.46. The molecule has 0 aromatic carbocycles. The third kappa shape index (κ3) is 2.65. The van der Waals surface area contributed by atoms with Gasteiger partial charge in [0.25, 0.3) is 0 Å². The van der Waals surface area contributed by atoms with Crippen molar-refractivity contribution in [2.75, 3.05) is 18.4 Å². The van der Waals surface area contributed by atoms with E-state index in [2.05, 4.69) is 20.8 Å². The zero-order valence-corrected chi connectivity index (χ0v) is 9.23. The van der Waals surface area contributed by atoms with E-state index in [4.69, 9.17) is 0 Å². The van der Waals surface area contributed by atoms with E-state index in [1.807, 2.05) is 6.92 Å². The minimum atomic E-state index is 0.705. The first kappa shape index (κ1) is 9.86. The fraction of sp³-hybridized carbons (Fsp3) is 0.778. The van der Waals surface area contributed by atoms with Gasteiger partial charge < -0.3 is 10.6 Å². The average Bonchev–Trinajstić information content (AvgIpc) is 2.77. The van der Waals surface area contributed by atoms with Crippen LogP contribution < -0.4 is 10.6 Å². The Morgan fingerprint density at radius 3 is 3.14 bits per heavy atom. The number of anilines is 1. The molecular weight excluding hydrogens is 196 g/mol. The number of hydrogen-bond acceptors (Lipinski definition) is 5. The van der Waals surface area contributed by atoms with Crippen LogP contribution in [0.3, 0.4) is 0 Å². The molecule has 1 aliphatic heterocycles. The van der Waals surface area contributed by atoms with E-state index in [1.165, 1.54) is 25.8 Å². The maximum absolute atomic E-state index is 4.02. The molecule has 0 bridgehead atoms. The van der Waals surface area contributed by atoms with Gasteiger partial charge in [-0.3, -0.25) is 0 Å². The highest BCUT2D eigenvalue weighted by atomic mass is 32.1. The summed E-state index contributed by atoms with van der Waals surface area (Å²) in [5.74, 6) is 0. The molecule has 0 saturated carbocycles. The van der Waals surface area contributed by atoms with Crippen molar-refractivity contribution in [1.82, 2.24) is 15.5 Å². The van der Waals surface area contributed by atoms with Crippen molar-refractivity contribution in [1.29, 1.82) is 0 Å².